The summed E-state index contributed by atoms with van der Waals surface area (Å²) in [5.41, 5.74) is 8.59. The van der Waals surface area contributed by atoms with E-state index >= 15 is 0 Å². The van der Waals surface area contributed by atoms with Gasteiger partial charge in [-0.1, -0.05) is 71.7 Å². The van der Waals surface area contributed by atoms with Gasteiger partial charge in [0.1, 0.15) is 0 Å². The van der Waals surface area contributed by atoms with E-state index in [1.165, 1.54) is 0 Å². The molecule has 41 heavy (non-hydrogen) atoms. The molecule has 9 heteroatoms. The molecular formula is C32H35Cl2N5O2. The molecule has 4 aromatic rings. The number of piperazine rings is 1. The van der Waals surface area contributed by atoms with Gasteiger partial charge in [-0.2, -0.15) is 0 Å². The van der Waals surface area contributed by atoms with Gasteiger partial charge in [0.25, 0.3) is 0 Å². The Labute approximate surface area is 250 Å². The van der Waals surface area contributed by atoms with Crippen molar-refractivity contribution in [2.45, 2.75) is 57.5 Å². The molecule has 1 aromatic heterocycles. The molecule has 0 aliphatic carbocycles. The molecule has 2 amide bonds. The topological polar surface area (TPSA) is 95.3 Å². The highest BCUT2D eigenvalue weighted by Crippen LogP contribution is 2.26. The number of amides is 2. The quantitative estimate of drug-likeness (QED) is 0.246. The number of nitrogens with zero attached hydrogens (tertiary/aromatic N) is 3. The first kappa shape index (κ1) is 29.0. The van der Waals surface area contributed by atoms with Gasteiger partial charge in [0.05, 0.1) is 12.6 Å². The van der Waals surface area contributed by atoms with Gasteiger partial charge in [0.15, 0.2) is 5.95 Å². The van der Waals surface area contributed by atoms with Crippen LogP contribution in [-0.2, 0) is 28.9 Å². The van der Waals surface area contributed by atoms with Gasteiger partial charge in [0.2, 0.25) is 11.8 Å². The fourth-order valence-corrected chi connectivity index (χ4v) is 6.21. The van der Waals surface area contributed by atoms with E-state index in [1.54, 1.807) is 18.3 Å². The normalized spacial score (nSPS) is 17.2. The number of fused-ring (bicyclic) bond motifs is 1. The van der Waals surface area contributed by atoms with Crippen molar-refractivity contribution < 1.29 is 9.59 Å². The van der Waals surface area contributed by atoms with E-state index in [-0.39, 0.29) is 23.9 Å². The first-order valence-electron chi connectivity index (χ1n) is 14.1. The molecule has 2 heterocycles. The molecule has 1 saturated heterocycles. The number of nitrogens with two attached hydrogens (primary N) is 1. The van der Waals surface area contributed by atoms with Crippen molar-refractivity contribution in [1.82, 2.24) is 19.8 Å². The van der Waals surface area contributed by atoms with Crippen molar-refractivity contribution in [2.75, 3.05) is 18.8 Å². The molecule has 0 spiro atoms. The van der Waals surface area contributed by atoms with Crippen molar-refractivity contribution in [3.05, 3.63) is 93.7 Å². The zero-order valence-corrected chi connectivity index (χ0v) is 24.7. The van der Waals surface area contributed by atoms with E-state index in [9.17, 15) is 9.59 Å². The number of anilines is 1. The third-order valence-electron chi connectivity index (χ3n) is 7.91. The number of imidazole rings is 1. The number of hydrogen-bond acceptors (Lipinski definition) is 4. The van der Waals surface area contributed by atoms with Crippen molar-refractivity contribution in [3.63, 3.8) is 0 Å². The van der Waals surface area contributed by atoms with Crippen LogP contribution in [0.15, 0.2) is 66.9 Å². The van der Waals surface area contributed by atoms with E-state index in [4.69, 9.17) is 28.9 Å². The zero-order valence-electron chi connectivity index (χ0n) is 23.2. The first-order chi connectivity index (χ1) is 19.8. The number of rotatable bonds is 9. The SMILES string of the molecule is C[C@@H]1CN(C(=O)CCc2ccc(Cl)cc2Cl)[C@@H](CCCc2cnc(N)[nH]2)CN1C(=O)Cc1ccc2ccccc2c1. The second-order valence-electron chi connectivity index (χ2n) is 10.9. The predicted molar refractivity (Wildman–Crippen MR) is 165 cm³/mol. The number of aryl methyl sites for hydroxylation is 2. The lowest BCUT2D eigenvalue weighted by atomic mass is 9.98. The highest BCUT2D eigenvalue weighted by Gasteiger charge is 2.36. The van der Waals surface area contributed by atoms with Crippen LogP contribution in [-0.4, -0.2) is 56.8 Å². The van der Waals surface area contributed by atoms with Crippen molar-refractivity contribution >= 4 is 51.7 Å². The van der Waals surface area contributed by atoms with Crippen LogP contribution in [0.1, 0.15) is 43.0 Å². The summed E-state index contributed by atoms with van der Waals surface area (Å²) in [4.78, 5) is 38.2. The highest BCUT2D eigenvalue weighted by atomic mass is 35.5. The Balaban J connectivity index is 1.28. The van der Waals surface area contributed by atoms with Gasteiger partial charge >= 0.3 is 0 Å². The number of hydrogen-bond donors (Lipinski definition) is 2. The zero-order chi connectivity index (χ0) is 28.9. The van der Waals surface area contributed by atoms with E-state index in [2.05, 4.69) is 34.2 Å². The highest BCUT2D eigenvalue weighted by molar-refractivity contribution is 6.35. The molecular weight excluding hydrogens is 557 g/mol. The van der Waals surface area contributed by atoms with Crippen LogP contribution in [0.3, 0.4) is 0 Å². The molecule has 214 valence electrons. The number of nitrogen functional groups attached to an aromatic ring is 1. The lowest BCUT2D eigenvalue weighted by Crippen LogP contribution is -2.60. The van der Waals surface area contributed by atoms with Crippen molar-refractivity contribution in [3.8, 4) is 0 Å². The minimum absolute atomic E-state index is 0.0697. The summed E-state index contributed by atoms with van der Waals surface area (Å²) in [5.74, 6) is 0.550. The number of benzene rings is 3. The first-order valence-corrected chi connectivity index (χ1v) is 14.8. The standard InChI is InChI=1S/C32H35Cl2N5O2/c1-21-19-39(30(40)14-12-24-11-13-26(33)17-29(24)34)28(8-4-7-27-18-36-32(35)37-27)20-38(21)31(41)16-22-9-10-23-5-2-3-6-25(23)15-22/h2-3,5-6,9-11,13,15,17-18,21,28H,4,7-8,12,14,16,19-20H2,1H3,(H3,35,36,37)/t21-,28+/m1/s1. The van der Waals surface area contributed by atoms with E-state index in [1.807, 2.05) is 41.0 Å². The Bertz CT molecular complexity index is 1540. The lowest BCUT2D eigenvalue weighted by Gasteiger charge is -2.45. The van der Waals surface area contributed by atoms with Crippen LogP contribution >= 0.6 is 23.2 Å². The summed E-state index contributed by atoms with van der Waals surface area (Å²) >= 11 is 12.4. The molecule has 3 aromatic carbocycles. The minimum Gasteiger partial charge on any atom is -0.369 e. The molecule has 0 saturated carbocycles. The molecule has 0 bridgehead atoms. The smallest absolute Gasteiger partial charge is 0.227 e. The van der Waals surface area contributed by atoms with Crippen LogP contribution < -0.4 is 5.73 Å². The van der Waals surface area contributed by atoms with Gasteiger partial charge in [-0.15, -0.1) is 0 Å². The van der Waals surface area contributed by atoms with Gasteiger partial charge in [-0.3, -0.25) is 9.59 Å². The third kappa shape index (κ3) is 7.21. The molecule has 7 nitrogen and oxygen atoms in total. The molecule has 1 aliphatic rings. The summed E-state index contributed by atoms with van der Waals surface area (Å²) in [7, 11) is 0. The van der Waals surface area contributed by atoms with Crippen LogP contribution in [0, 0.1) is 0 Å². The Hall–Kier alpha value is -3.55. The summed E-state index contributed by atoms with van der Waals surface area (Å²) < 4.78 is 0. The van der Waals surface area contributed by atoms with Gasteiger partial charge in [-0.25, -0.2) is 4.98 Å². The Morgan fingerprint density at radius 2 is 1.78 bits per heavy atom. The number of H-pyrrole nitrogens is 1. The summed E-state index contributed by atoms with van der Waals surface area (Å²) in [6.07, 6.45) is 5.31. The Morgan fingerprint density at radius 3 is 2.54 bits per heavy atom. The third-order valence-corrected chi connectivity index (χ3v) is 8.49. The molecule has 2 atom stereocenters. The second kappa shape index (κ2) is 13.0. The molecule has 0 unspecified atom stereocenters. The van der Waals surface area contributed by atoms with Gasteiger partial charge in [0, 0.05) is 47.3 Å². The Kier molecular flexibility index (Phi) is 9.15. The molecule has 5 rings (SSSR count). The maximum Gasteiger partial charge on any atom is 0.227 e. The van der Waals surface area contributed by atoms with Crippen molar-refractivity contribution in [2.24, 2.45) is 0 Å². The molecule has 1 fully saturated rings. The predicted octanol–water partition coefficient (Wildman–Crippen LogP) is 6.08. The lowest BCUT2D eigenvalue weighted by molar-refractivity contribution is -0.146. The van der Waals surface area contributed by atoms with E-state index in [0.29, 0.717) is 48.3 Å². The van der Waals surface area contributed by atoms with Gasteiger partial charge < -0.3 is 20.5 Å². The van der Waals surface area contributed by atoms with E-state index < -0.39 is 0 Å². The second-order valence-corrected chi connectivity index (χ2v) is 11.7. The average Bonchev–Trinajstić information content (AvgIpc) is 3.37. The number of carbonyl (C=O) groups is 2. The van der Waals surface area contributed by atoms with Crippen LogP contribution in [0.5, 0.6) is 0 Å². The molecule has 0 radical (unpaired) electrons. The van der Waals surface area contributed by atoms with Crippen LogP contribution in [0.2, 0.25) is 10.0 Å². The summed E-state index contributed by atoms with van der Waals surface area (Å²) in [6, 6.07) is 19.5. The number of nitrogens with one attached hydrogen (secondary N) is 1. The van der Waals surface area contributed by atoms with E-state index in [0.717, 1.165) is 46.9 Å². The van der Waals surface area contributed by atoms with Crippen LogP contribution in [0.4, 0.5) is 5.95 Å². The summed E-state index contributed by atoms with van der Waals surface area (Å²) in [5, 5.41) is 3.42. The number of aromatic amines is 1. The fraction of sp³-hybridized carbons (Fsp3) is 0.344. The maximum absolute atomic E-state index is 13.6. The number of aromatic nitrogens is 2. The largest absolute Gasteiger partial charge is 0.369 e. The minimum atomic E-state index is -0.0883. The number of carbonyl (C=O) groups excluding carboxylic acids is 2. The van der Waals surface area contributed by atoms with Gasteiger partial charge in [-0.05, 0) is 66.6 Å². The maximum atomic E-state index is 13.6. The summed E-state index contributed by atoms with van der Waals surface area (Å²) in [6.45, 7) is 3.03. The Morgan fingerprint density at radius 1 is 0.976 bits per heavy atom. The fourth-order valence-electron chi connectivity index (χ4n) is 5.70. The molecule has 1 aliphatic heterocycles. The monoisotopic (exact) mass is 591 g/mol. The number of halogens is 2. The molecule has 3 N–H and O–H groups in total. The van der Waals surface area contributed by atoms with Crippen LogP contribution in [0.25, 0.3) is 10.8 Å². The average molecular weight is 593 g/mol. The van der Waals surface area contributed by atoms with Crippen molar-refractivity contribution in [1.29, 1.82) is 0 Å².